The van der Waals surface area contributed by atoms with E-state index in [1.54, 1.807) is 60.7 Å². The third-order valence-electron chi connectivity index (χ3n) is 4.34. The fraction of sp³-hybridized carbons (Fsp3) is 0.0417. The molecule has 6 nitrogen and oxygen atoms in total. The Bertz CT molecular complexity index is 1330. The molecule has 8 heteroatoms. The average molecular weight is 465 g/mol. The lowest BCUT2D eigenvalue weighted by molar-refractivity contribution is 0.0734. The molecule has 1 atom stereocenters. The van der Waals surface area contributed by atoms with Crippen molar-refractivity contribution in [1.82, 2.24) is 0 Å². The van der Waals surface area contributed by atoms with Gasteiger partial charge < -0.3 is 4.74 Å². The maximum absolute atomic E-state index is 13.0. The number of nitriles is 1. The van der Waals surface area contributed by atoms with E-state index in [4.69, 9.17) is 16.3 Å². The number of carbonyl (C=O) groups is 2. The zero-order valence-corrected chi connectivity index (χ0v) is 18.5. The number of benzene rings is 3. The minimum Gasteiger partial charge on any atom is -0.423 e. The van der Waals surface area contributed by atoms with Gasteiger partial charge in [-0.05, 0) is 48.5 Å². The molecule has 160 valence electrons. The van der Waals surface area contributed by atoms with Crippen LogP contribution >= 0.6 is 11.6 Å². The van der Waals surface area contributed by atoms with Crippen LogP contribution in [0.15, 0.2) is 99.9 Å². The lowest BCUT2D eigenvalue weighted by Crippen LogP contribution is -2.08. The molecule has 0 fully saturated rings. The number of hydrogen-bond donors (Lipinski definition) is 0. The zero-order valence-electron chi connectivity index (χ0n) is 16.9. The van der Waals surface area contributed by atoms with Gasteiger partial charge in [0.1, 0.15) is 17.4 Å². The minimum absolute atomic E-state index is 0.223. The third-order valence-corrected chi connectivity index (χ3v) is 6.24. The Hall–Kier alpha value is -3.73. The molecule has 0 N–H and O–H groups in total. The second kappa shape index (κ2) is 10.1. The number of halogens is 1. The first kappa shape index (κ1) is 22.9. The number of ether oxygens (including phenoxy) is 1. The summed E-state index contributed by atoms with van der Waals surface area (Å²) in [5.41, 5.74) is 0.453. The number of Topliss-reactive ketones (excluding diaryl/α,β-unsaturated/α-hetero) is 1. The van der Waals surface area contributed by atoms with Crippen molar-refractivity contribution in [2.45, 2.75) is 4.90 Å². The molecule has 0 radical (unpaired) electrons. The smallest absolute Gasteiger partial charge is 0.343 e. The first-order valence-corrected chi connectivity index (χ1v) is 11.6. The molecule has 0 amide bonds. The molecule has 3 aromatic rings. The third kappa shape index (κ3) is 5.70. The van der Waals surface area contributed by atoms with Crippen LogP contribution in [0.5, 0.6) is 5.75 Å². The van der Waals surface area contributed by atoms with Crippen LogP contribution in [-0.2, 0) is 9.73 Å². The van der Waals surface area contributed by atoms with Crippen molar-refractivity contribution in [3.8, 4) is 11.8 Å². The topological polar surface area (TPSA) is 96.6 Å². The van der Waals surface area contributed by atoms with Crippen LogP contribution in [0, 0.1) is 11.3 Å². The van der Waals surface area contributed by atoms with Crippen LogP contribution in [-0.4, -0.2) is 22.2 Å². The quantitative estimate of drug-likeness (QED) is 0.162. The molecule has 0 unspecified atom stereocenters. The number of esters is 1. The highest BCUT2D eigenvalue weighted by molar-refractivity contribution is 7.93. The molecule has 0 aromatic heterocycles. The van der Waals surface area contributed by atoms with E-state index in [-0.39, 0.29) is 11.3 Å². The Kier molecular flexibility index (Phi) is 7.21. The number of carbonyl (C=O) groups excluding carboxylic acids is 2. The maximum atomic E-state index is 13.0. The number of rotatable bonds is 6. The van der Waals surface area contributed by atoms with E-state index in [1.807, 2.05) is 0 Å². The molecule has 0 spiro atoms. The Morgan fingerprint density at radius 3 is 2.19 bits per heavy atom. The standard InChI is InChI=1S/C24H17ClN2O4S/c1-32(30,27-16-19(15-26)23(28)17-5-3-2-4-6-17)22-13-11-21(12-14-22)31-24(29)18-7-9-20(25)10-8-18/h2-14,16H,1H3/b19-16+/t32-/m0/s1. The highest BCUT2D eigenvalue weighted by Gasteiger charge is 2.13. The summed E-state index contributed by atoms with van der Waals surface area (Å²) in [7, 11) is -2.94. The molecule has 3 rings (SSSR count). The largest absolute Gasteiger partial charge is 0.423 e. The van der Waals surface area contributed by atoms with E-state index in [1.165, 1.54) is 30.5 Å². The second-order valence-corrected chi connectivity index (χ2v) is 9.35. The summed E-state index contributed by atoms with van der Waals surface area (Å²) >= 11 is 5.81. The number of ketones is 1. The van der Waals surface area contributed by atoms with Crippen molar-refractivity contribution in [3.05, 3.63) is 107 Å². The molecule has 0 aliphatic rings. The Balaban J connectivity index is 1.78. The molecule has 0 saturated heterocycles. The van der Waals surface area contributed by atoms with Crippen LogP contribution in [0.4, 0.5) is 0 Å². The van der Waals surface area contributed by atoms with E-state index in [0.717, 1.165) is 6.20 Å². The first-order chi connectivity index (χ1) is 15.3. The lowest BCUT2D eigenvalue weighted by Gasteiger charge is -2.07. The van der Waals surface area contributed by atoms with Crippen LogP contribution in [0.1, 0.15) is 20.7 Å². The van der Waals surface area contributed by atoms with Crippen LogP contribution in [0.2, 0.25) is 5.02 Å². The SMILES string of the molecule is C[S@@](=O)(=N/C=C(\C#N)C(=O)c1ccccc1)c1ccc(OC(=O)c2ccc(Cl)cc2)cc1. The number of nitrogens with zero attached hydrogens (tertiary/aromatic N) is 2. The molecule has 3 aromatic carbocycles. The van der Waals surface area contributed by atoms with E-state index >= 15 is 0 Å². The van der Waals surface area contributed by atoms with Gasteiger partial charge in [0.05, 0.1) is 21.5 Å². The molecule has 0 aliphatic heterocycles. The van der Waals surface area contributed by atoms with Gasteiger partial charge in [-0.15, -0.1) is 0 Å². The fourth-order valence-corrected chi connectivity index (χ4v) is 3.80. The van der Waals surface area contributed by atoms with Gasteiger partial charge in [0.2, 0.25) is 5.78 Å². The number of allylic oxidation sites excluding steroid dienone is 1. The van der Waals surface area contributed by atoms with Gasteiger partial charge in [0.15, 0.2) is 0 Å². The predicted octanol–water partition coefficient (Wildman–Crippen LogP) is 5.31. The summed E-state index contributed by atoms with van der Waals surface area (Å²) in [4.78, 5) is 25.0. The number of hydrogen-bond acceptors (Lipinski definition) is 6. The van der Waals surface area contributed by atoms with Gasteiger partial charge in [-0.3, -0.25) is 4.79 Å². The monoisotopic (exact) mass is 464 g/mol. The van der Waals surface area contributed by atoms with Gasteiger partial charge in [0, 0.05) is 21.7 Å². The molecule has 0 aliphatic carbocycles. The summed E-state index contributed by atoms with van der Waals surface area (Å²) in [5.74, 6) is -0.801. The molecular weight excluding hydrogens is 448 g/mol. The summed E-state index contributed by atoms with van der Waals surface area (Å²) in [6, 6.07) is 22.4. The summed E-state index contributed by atoms with van der Waals surface area (Å²) in [6.45, 7) is 0. The van der Waals surface area contributed by atoms with Crippen molar-refractivity contribution >= 4 is 33.1 Å². The highest BCUT2D eigenvalue weighted by Crippen LogP contribution is 2.20. The highest BCUT2D eigenvalue weighted by atomic mass is 35.5. The van der Waals surface area contributed by atoms with Crippen molar-refractivity contribution in [3.63, 3.8) is 0 Å². The summed E-state index contributed by atoms with van der Waals surface area (Å²) in [5, 5.41) is 9.81. The van der Waals surface area contributed by atoms with Crippen LogP contribution in [0.3, 0.4) is 0 Å². The Morgan fingerprint density at radius 2 is 1.59 bits per heavy atom. The molecule has 0 heterocycles. The van der Waals surface area contributed by atoms with E-state index in [0.29, 0.717) is 21.0 Å². The molecular formula is C24H17ClN2O4S. The van der Waals surface area contributed by atoms with Gasteiger partial charge in [-0.25, -0.2) is 13.4 Å². The average Bonchev–Trinajstić information content (AvgIpc) is 2.80. The summed E-state index contributed by atoms with van der Waals surface area (Å²) < 4.78 is 22.3. The van der Waals surface area contributed by atoms with Crippen molar-refractivity contribution in [2.75, 3.05) is 6.26 Å². The minimum atomic E-state index is -2.94. The lowest BCUT2D eigenvalue weighted by atomic mass is 10.1. The van der Waals surface area contributed by atoms with Crippen LogP contribution < -0.4 is 4.74 Å². The normalized spacial score (nSPS) is 12.8. The van der Waals surface area contributed by atoms with Gasteiger partial charge in [-0.2, -0.15) is 5.26 Å². The van der Waals surface area contributed by atoms with Gasteiger partial charge in [0.25, 0.3) is 0 Å². The maximum Gasteiger partial charge on any atom is 0.343 e. The van der Waals surface area contributed by atoms with E-state index < -0.39 is 21.5 Å². The molecule has 0 bridgehead atoms. The molecule has 0 saturated carbocycles. The fourth-order valence-electron chi connectivity index (χ4n) is 2.61. The second-order valence-electron chi connectivity index (χ2n) is 6.63. The Labute approximate surface area is 190 Å². The first-order valence-electron chi connectivity index (χ1n) is 9.29. The van der Waals surface area contributed by atoms with E-state index in [2.05, 4.69) is 4.36 Å². The summed E-state index contributed by atoms with van der Waals surface area (Å²) in [6.07, 6.45) is 2.42. The molecule has 32 heavy (non-hydrogen) atoms. The Morgan fingerprint density at radius 1 is 0.969 bits per heavy atom. The van der Waals surface area contributed by atoms with Crippen molar-refractivity contribution in [2.24, 2.45) is 4.36 Å². The predicted molar refractivity (Wildman–Crippen MR) is 122 cm³/mol. The van der Waals surface area contributed by atoms with Crippen LogP contribution in [0.25, 0.3) is 0 Å². The van der Waals surface area contributed by atoms with Gasteiger partial charge in [-0.1, -0.05) is 41.9 Å². The van der Waals surface area contributed by atoms with Crippen molar-refractivity contribution in [1.29, 1.82) is 5.26 Å². The van der Waals surface area contributed by atoms with Gasteiger partial charge >= 0.3 is 5.97 Å². The van der Waals surface area contributed by atoms with Crippen molar-refractivity contribution < 1.29 is 18.5 Å². The zero-order chi connectivity index (χ0) is 23.1. The van der Waals surface area contributed by atoms with E-state index in [9.17, 15) is 19.1 Å².